The number of sulfonamides is 1. The summed E-state index contributed by atoms with van der Waals surface area (Å²) < 4.78 is 25.8. The number of aryl methyl sites for hydroxylation is 1. The number of nitrogens with zero attached hydrogens (tertiary/aromatic N) is 1. The first kappa shape index (κ1) is 19.1. The molecule has 0 saturated carbocycles. The summed E-state index contributed by atoms with van der Waals surface area (Å²) in [5.41, 5.74) is 2.26. The van der Waals surface area contributed by atoms with Crippen molar-refractivity contribution in [3.05, 3.63) is 29.8 Å². The van der Waals surface area contributed by atoms with E-state index in [1.54, 1.807) is 4.31 Å². The standard InChI is InChI=1S/C17H27N3O2S2/c1-3-13-24(21,22)20-11-9-16(10-12-20)19-17(23)18-15-7-5-14(4-2)6-8-15/h5-8,16H,3-4,9-13H2,1-2H3,(H2,18,19,23). The maximum atomic E-state index is 12.1. The van der Waals surface area contributed by atoms with Crippen molar-refractivity contribution in [1.82, 2.24) is 9.62 Å². The number of hydrogen-bond donors (Lipinski definition) is 2. The summed E-state index contributed by atoms with van der Waals surface area (Å²) >= 11 is 5.37. The van der Waals surface area contributed by atoms with Crippen molar-refractivity contribution < 1.29 is 8.42 Å². The SMILES string of the molecule is CCCS(=O)(=O)N1CCC(NC(=S)Nc2ccc(CC)cc2)CC1. The van der Waals surface area contributed by atoms with Crippen LogP contribution in [0.4, 0.5) is 5.69 Å². The molecule has 0 unspecified atom stereocenters. The predicted octanol–water partition coefficient (Wildman–Crippen LogP) is 2.74. The summed E-state index contributed by atoms with van der Waals surface area (Å²) in [6.07, 6.45) is 3.23. The second kappa shape index (κ2) is 8.78. The number of thiocarbonyl (C=S) groups is 1. The maximum Gasteiger partial charge on any atom is 0.214 e. The van der Waals surface area contributed by atoms with E-state index in [-0.39, 0.29) is 11.8 Å². The van der Waals surface area contributed by atoms with Crippen LogP contribution in [0.1, 0.15) is 38.7 Å². The largest absolute Gasteiger partial charge is 0.360 e. The van der Waals surface area contributed by atoms with Crippen LogP contribution >= 0.6 is 12.2 Å². The van der Waals surface area contributed by atoms with Crippen molar-refractivity contribution >= 4 is 33.0 Å². The van der Waals surface area contributed by atoms with Gasteiger partial charge in [0, 0.05) is 24.8 Å². The van der Waals surface area contributed by atoms with Gasteiger partial charge in [-0.1, -0.05) is 26.0 Å². The quantitative estimate of drug-likeness (QED) is 0.755. The Morgan fingerprint density at radius 1 is 1.21 bits per heavy atom. The van der Waals surface area contributed by atoms with E-state index in [4.69, 9.17) is 12.2 Å². The van der Waals surface area contributed by atoms with Crippen molar-refractivity contribution in [2.24, 2.45) is 0 Å². The molecule has 1 aliphatic heterocycles. The van der Waals surface area contributed by atoms with Crippen LogP contribution in [0.25, 0.3) is 0 Å². The third-order valence-electron chi connectivity index (χ3n) is 4.26. The van der Waals surface area contributed by atoms with Crippen molar-refractivity contribution in [3.63, 3.8) is 0 Å². The third kappa shape index (κ3) is 5.43. The van der Waals surface area contributed by atoms with Crippen LogP contribution in [0.15, 0.2) is 24.3 Å². The molecule has 1 aromatic rings. The first-order valence-electron chi connectivity index (χ1n) is 8.59. The van der Waals surface area contributed by atoms with Crippen molar-refractivity contribution in [3.8, 4) is 0 Å². The summed E-state index contributed by atoms with van der Waals surface area (Å²) in [6.45, 7) is 5.15. The van der Waals surface area contributed by atoms with E-state index in [1.165, 1.54) is 5.56 Å². The molecule has 1 fully saturated rings. The molecule has 1 saturated heterocycles. The molecule has 1 aromatic carbocycles. The van der Waals surface area contributed by atoms with E-state index in [2.05, 4.69) is 29.7 Å². The van der Waals surface area contributed by atoms with Crippen LogP contribution < -0.4 is 10.6 Å². The number of nitrogens with one attached hydrogen (secondary N) is 2. The highest BCUT2D eigenvalue weighted by Crippen LogP contribution is 2.16. The molecule has 0 aromatic heterocycles. The molecule has 24 heavy (non-hydrogen) atoms. The predicted molar refractivity (Wildman–Crippen MR) is 104 cm³/mol. The molecule has 1 aliphatic rings. The van der Waals surface area contributed by atoms with Crippen molar-refractivity contribution in [2.75, 3.05) is 24.2 Å². The molecule has 0 spiro atoms. The Bertz CT molecular complexity index is 636. The Balaban J connectivity index is 1.79. The van der Waals surface area contributed by atoms with Gasteiger partial charge in [0.1, 0.15) is 0 Å². The fourth-order valence-corrected chi connectivity index (χ4v) is 4.67. The van der Waals surface area contributed by atoms with Crippen LogP contribution in [0.2, 0.25) is 0 Å². The maximum absolute atomic E-state index is 12.1. The molecule has 0 aliphatic carbocycles. The fourth-order valence-electron chi connectivity index (χ4n) is 2.84. The van der Waals surface area contributed by atoms with Gasteiger partial charge in [-0.25, -0.2) is 12.7 Å². The molecular weight excluding hydrogens is 342 g/mol. The van der Waals surface area contributed by atoms with Crippen LogP contribution in [0, 0.1) is 0 Å². The monoisotopic (exact) mass is 369 g/mol. The summed E-state index contributed by atoms with van der Waals surface area (Å²) in [5.74, 6) is 0.235. The van der Waals surface area contributed by atoms with Crippen LogP contribution in [-0.2, 0) is 16.4 Å². The number of hydrogen-bond acceptors (Lipinski definition) is 3. The second-order valence-corrected chi connectivity index (χ2v) is 8.63. The van der Waals surface area contributed by atoms with Gasteiger partial charge in [0.25, 0.3) is 0 Å². The molecule has 2 N–H and O–H groups in total. The molecule has 5 nitrogen and oxygen atoms in total. The first-order chi connectivity index (χ1) is 11.4. The highest BCUT2D eigenvalue weighted by atomic mass is 32.2. The van der Waals surface area contributed by atoms with E-state index in [0.29, 0.717) is 24.6 Å². The summed E-state index contributed by atoms with van der Waals surface area (Å²) in [5, 5.41) is 7.08. The second-order valence-electron chi connectivity index (χ2n) is 6.14. The average molecular weight is 370 g/mol. The summed E-state index contributed by atoms with van der Waals surface area (Å²) in [4.78, 5) is 0. The van der Waals surface area contributed by atoms with Gasteiger partial charge in [-0.3, -0.25) is 0 Å². The molecule has 0 atom stereocenters. The lowest BCUT2D eigenvalue weighted by molar-refractivity contribution is 0.308. The zero-order valence-electron chi connectivity index (χ0n) is 14.4. The molecular formula is C17H27N3O2S2. The minimum atomic E-state index is -3.08. The molecule has 134 valence electrons. The minimum absolute atomic E-state index is 0.216. The number of benzene rings is 1. The van der Waals surface area contributed by atoms with Crippen molar-refractivity contribution in [1.29, 1.82) is 0 Å². The first-order valence-corrected chi connectivity index (χ1v) is 10.6. The van der Waals surface area contributed by atoms with E-state index >= 15 is 0 Å². The van der Waals surface area contributed by atoms with Crippen molar-refractivity contribution in [2.45, 2.75) is 45.6 Å². The summed E-state index contributed by atoms with van der Waals surface area (Å²) in [7, 11) is -3.08. The smallest absolute Gasteiger partial charge is 0.214 e. The zero-order valence-corrected chi connectivity index (χ0v) is 16.0. The lowest BCUT2D eigenvalue weighted by Crippen LogP contribution is -2.47. The molecule has 0 amide bonds. The number of rotatable bonds is 6. The molecule has 2 rings (SSSR count). The van der Waals surface area contributed by atoms with Gasteiger partial charge in [-0.15, -0.1) is 0 Å². The van der Waals surface area contributed by atoms with Gasteiger partial charge in [0.2, 0.25) is 10.0 Å². The Hall–Kier alpha value is -1.18. The Labute approximate surface area is 150 Å². The van der Waals surface area contributed by atoms with Gasteiger partial charge in [0.15, 0.2) is 5.11 Å². The Morgan fingerprint density at radius 3 is 2.38 bits per heavy atom. The van der Waals surface area contributed by atoms with Gasteiger partial charge in [-0.2, -0.15) is 0 Å². The van der Waals surface area contributed by atoms with Gasteiger partial charge in [0.05, 0.1) is 5.75 Å². The van der Waals surface area contributed by atoms with E-state index in [0.717, 1.165) is 24.9 Å². The van der Waals surface area contributed by atoms with E-state index < -0.39 is 10.0 Å². The highest BCUT2D eigenvalue weighted by molar-refractivity contribution is 7.89. The molecule has 1 heterocycles. The third-order valence-corrected chi connectivity index (χ3v) is 6.56. The van der Waals surface area contributed by atoms with Crippen LogP contribution in [0.5, 0.6) is 0 Å². The fraction of sp³-hybridized carbons (Fsp3) is 0.588. The highest BCUT2D eigenvalue weighted by Gasteiger charge is 2.27. The Kier molecular flexibility index (Phi) is 7.01. The van der Waals surface area contributed by atoms with Gasteiger partial charge < -0.3 is 10.6 Å². The van der Waals surface area contributed by atoms with E-state index in [1.807, 2.05) is 19.1 Å². The van der Waals surface area contributed by atoms with Crippen LogP contribution in [-0.4, -0.2) is 42.7 Å². The van der Waals surface area contributed by atoms with Gasteiger partial charge in [-0.05, 0) is 55.6 Å². The molecule has 0 bridgehead atoms. The number of anilines is 1. The lowest BCUT2D eigenvalue weighted by Gasteiger charge is -2.32. The average Bonchev–Trinajstić information content (AvgIpc) is 2.56. The Morgan fingerprint density at radius 2 is 1.83 bits per heavy atom. The summed E-state index contributed by atoms with van der Waals surface area (Å²) in [6, 6.07) is 8.43. The molecule has 0 radical (unpaired) electrons. The number of piperidine rings is 1. The van der Waals surface area contributed by atoms with E-state index in [9.17, 15) is 8.42 Å². The van der Waals surface area contributed by atoms with Gasteiger partial charge >= 0.3 is 0 Å². The van der Waals surface area contributed by atoms with Crippen LogP contribution in [0.3, 0.4) is 0 Å². The minimum Gasteiger partial charge on any atom is -0.360 e. The zero-order chi connectivity index (χ0) is 17.6. The molecule has 7 heteroatoms. The normalized spacial score (nSPS) is 16.8. The lowest BCUT2D eigenvalue weighted by atomic mass is 10.1. The topological polar surface area (TPSA) is 61.4 Å².